The first-order chi connectivity index (χ1) is 15.3. The third-order valence-electron chi connectivity index (χ3n) is 6.32. The Morgan fingerprint density at radius 1 is 1.00 bits per heavy atom. The molecule has 2 heterocycles. The molecule has 4 rings (SSSR count). The van der Waals surface area contributed by atoms with Crippen LogP contribution in [0.5, 0.6) is 5.75 Å². The number of ether oxygens (including phenoxy) is 1. The van der Waals surface area contributed by atoms with Gasteiger partial charge in [-0.3, -0.25) is 4.79 Å². The van der Waals surface area contributed by atoms with Gasteiger partial charge in [-0.2, -0.15) is 13.2 Å². The fraction of sp³-hybridized carbons (Fsp3) is 0.458. The summed E-state index contributed by atoms with van der Waals surface area (Å²) in [6, 6.07) is 16.5. The Balaban J connectivity index is 0.00000306. The van der Waals surface area contributed by atoms with Crippen LogP contribution >= 0.6 is 12.4 Å². The van der Waals surface area contributed by atoms with E-state index in [0.717, 1.165) is 25.9 Å². The molecule has 2 aromatic carbocycles. The van der Waals surface area contributed by atoms with Crippen molar-refractivity contribution in [2.45, 2.75) is 44.0 Å². The van der Waals surface area contributed by atoms with E-state index in [-0.39, 0.29) is 37.9 Å². The number of halogens is 4. The predicted molar refractivity (Wildman–Crippen MR) is 124 cm³/mol. The zero-order chi connectivity index (χ0) is 22.7. The highest BCUT2D eigenvalue weighted by Crippen LogP contribution is 2.40. The number of para-hydroxylation sites is 1. The number of carbonyl (C=O) groups is 1. The number of alkyl halides is 3. The van der Waals surface area contributed by atoms with Gasteiger partial charge in [0.2, 0.25) is 0 Å². The summed E-state index contributed by atoms with van der Waals surface area (Å²) >= 11 is 0. The summed E-state index contributed by atoms with van der Waals surface area (Å²) in [7, 11) is 0. The Hall–Kier alpha value is -2.61. The maximum Gasteiger partial charge on any atom is 0.393 e. The third-order valence-corrected chi connectivity index (χ3v) is 6.32. The summed E-state index contributed by atoms with van der Waals surface area (Å²) in [5, 5.41) is 9.11. The van der Waals surface area contributed by atoms with Gasteiger partial charge >= 0.3 is 12.1 Å². The number of rotatable bonds is 6. The molecule has 33 heavy (non-hydrogen) atoms. The molecule has 0 saturated carbocycles. The first-order valence-corrected chi connectivity index (χ1v) is 10.9. The number of nitrogens with zero attached hydrogens (tertiary/aromatic N) is 2. The molecule has 1 N–H and O–H groups in total. The Morgan fingerprint density at radius 3 is 2.21 bits per heavy atom. The molecule has 2 saturated heterocycles. The van der Waals surface area contributed by atoms with Crippen molar-refractivity contribution in [2.24, 2.45) is 5.92 Å². The van der Waals surface area contributed by atoms with Crippen LogP contribution in [-0.4, -0.2) is 49.0 Å². The number of hydrogen-bond acceptors (Lipinski definition) is 4. The molecule has 9 heteroatoms. The number of aliphatic carboxylic acids is 1. The molecule has 2 fully saturated rings. The van der Waals surface area contributed by atoms with E-state index in [9.17, 15) is 18.0 Å². The quantitative estimate of drug-likeness (QED) is 0.596. The van der Waals surface area contributed by atoms with Gasteiger partial charge in [-0.1, -0.05) is 18.2 Å². The standard InChI is InChI=1S/C24H27F3N2O3.ClH/c25-24(26,27)17-14-20(15-23(30)31)29(16-17)19-6-8-21(9-7-19)32-22-10-12-28(13-11-22)18-4-2-1-3-5-18;/h1-9,17,20,22H,10-16H2,(H,30,31);1H/t17-,20-;/m1./s1. The van der Waals surface area contributed by atoms with Crippen LogP contribution in [0.25, 0.3) is 0 Å². The molecule has 0 aromatic heterocycles. The van der Waals surface area contributed by atoms with E-state index in [1.807, 2.05) is 18.2 Å². The molecule has 2 aromatic rings. The zero-order valence-corrected chi connectivity index (χ0v) is 18.9. The maximum atomic E-state index is 13.2. The number of anilines is 2. The van der Waals surface area contributed by atoms with Crippen LogP contribution in [0.1, 0.15) is 25.7 Å². The Bertz CT molecular complexity index is 903. The minimum absolute atomic E-state index is 0. The lowest BCUT2D eigenvalue weighted by molar-refractivity contribution is -0.169. The molecule has 0 spiro atoms. The van der Waals surface area contributed by atoms with Crippen LogP contribution in [0.2, 0.25) is 0 Å². The van der Waals surface area contributed by atoms with Gasteiger partial charge in [0.05, 0.1) is 12.3 Å². The van der Waals surface area contributed by atoms with Crippen molar-refractivity contribution in [1.29, 1.82) is 0 Å². The number of benzene rings is 2. The van der Waals surface area contributed by atoms with E-state index >= 15 is 0 Å². The summed E-state index contributed by atoms with van der Waals surface area (Å²) in [6.07, 6.45) is -2.99. The number of carboxylic acid groups (broad SMARTS) is 1. The largest absolute Gasteiger partial charge is 0.490 e. The Morgan fingerprint density at radius 2 is 1.64 bits per heavy atom. The van der Waals surface area contributed by atoms with Crippen molar-refractivity contribution >= 4 is 29.8 Å². The van der Waals surface area contributed by atoms with Gasteiger partial charge in [-0.15, -0.1) is 12.4 Å². The smallest absolute Gasteiger partial charge is 0.393 e. The highest BCUT2D eigenvalue weighted by Gasteiger charge is 2.47. The van der Waals surface area contributed by atoms with Crippen LogP contribution in [0.3, 0.4) is 0 Å². The number of hydrogen-bond donors (Lipinski definition) is 1. The van der Waals surface area contributed by atoms with E-state index in [0.29, 0.717) is 11.4 Å². The fourth-order valence-corrected chi connectivity index (χ4v) is 4.64. The lowest BCUT2D eigenvalue weighted by Gasteiger charge is -2.33. The highest BCUT2D eigenvalue weighted by atomic mass is 35.5. The summed E-state index contributed by atoms with van der Waals surface area (Å²) in [4.78, 5) is 15.0. The lowest BCUT2D eigenvalue weighted by Crippen LogP contribution is -2.38. The molecule has 5 nitrogen and oxygen atoms in total. The van der Waals surface area contributed by atoms with Crippen molar-refractivity contribution in [2.75, 3.05) is 29.4 Å². The molecular formula is C24H28ClF3N2O3. The fourth-order valence-electron chi connectivity index (χ4n) is 4.64. The van der Waals surface area contributed by atoms with E-state index < -0.39 is 24.1 Å². The van der Waals surface area contributed by atoms with Gasteiger partial charge in [0, 0.05) is 49.9 Å². The molecule has 0 aliphatic carbocycles. The van der Waals surface area contributed by atoms with Gasteiger partial charge in [0.15, 0.2) is 0 Å². The average Bonchev–Trinajstić information content (AvgIpc) is 3.19. The second-order valence-electron chi connectivity index (χ2n) is 8.51. The molecule has 2 aliphatic heterocycles. The topological polar surface area (TPSA) is 53.0 Å². The minimum atomic E-state index is -4.33. The monoisotopic (exact) mass is 484 g/mol. The number of piperidine rings is 1. The van der Waals surface area contributed by atoms with Crippen LogP contribution < -0.4 is 14.5 Å². The molecule has 0 radical (unpaired) electrons. The van der Waals surface area contributed by atoms with Crippen molar-refractivity contribution in [3.8, 4) is 5.75 Å². The van der Waals surface area contributed by atoms with Crippen molar-refractivity contribution in [1.82, 2.24) is 0 Å². The van der Waals surface area contributed by atoms with E-state index in [1.54, 1.807) is 29.2 Å². The molecule has 2 aliphatic rings. The van der Waals surface area contributed by atoms with Gasteiger partial charge in [0.1, 0.15) is 11.9 Å². The zero-order valence-electron chi connectivity index (χ0n) is 18.1. The summed E-state index contributed by atoms with van der Waals surface area (Å²) in [5.74, 6) is -1.93. The van der Waals surface area contributed by atoms with Gasteiger partial charge < -0.3 is 19.6 Å². The van der Waals surface area contributed by atoms with Gasteiger partial charge in [-0.25, -0.2) is 0 Å². The van der Waals surface area contributed by atoms with Crippen LogP contribution in [0.4, 0.5) is 24.5 Å². The summed E-state index contributed by atoms with van der Waals surface area (Å²) in [6.45, 7) is 1.58. The minimum Gasteiger partial charge on any atom is -0.490 e. The molecule has 0 unspecified atom stereocenters. The summed E-state index contributed by atoms with van der Waals surface area (Å²) < 4.78 is 45.8. The molecule has 0 amide bonds. The first-order valence-electron chi connectivity index (χ1n) is 10.9. The third kappa shape index (κ3) is 6.25. The second-order valence-corrected chi connectivity index (χ2v) is 8.51. The summed E-state index contributed by atoms with van der Waals surface area (Å²) in [5.41, 5.74) is 1.79. The second kappa shape index (κ2) is 10.5. The maximum absolute atomic E-state index is 13.2. The normalized spacial score (nSPS) is 21.5. The molecule has 0 bridgehead atoms. The first kappa shape index (κ1) is 25.0. The van der Waals surface area contributed by atoms with Gasteiger partial charge in [-0.05, 0) is 42.8 Å². The van der Waals surface area contributed by atoms with Crippen LogP contribution in [-0.2, 0) is 4.79 Å². The van der Waals surface area contributed by atoms with Crippen molar-refractivity contribution < 1.29 is 27.8 Å². The molecule has 2 atom stereocenters. The number of carboxylic acids is 1. The van der Waals surface area contributed by atoms with Crippen molar-refractivity contribution in [3.05, 3.63) is 54.6 Å². The van der Waals surface area contributed by atoms with E-state index in [4.69, 9.17) is 9.84 Å². The highest BCUT2D eigenvalue weighted by molar-refractivity contribution is 5.85. The van der Waals surface area contributed by atoms with Crippen LogP contribution in [0, 0.1) is 5.92 Å². The van der Waals surface area contributed by atoms with Gasteiger partial charge in [0.25, 0.3) is 0 Å². The lowest BCUT2D eigenvalue weighted by atomic mass is 10.0. The molecule has 180 valence electrons. The predicted octanol–water partition coefficient (Wildman–Crippen LogP) is 5.39. The Kier molecular flexibility index (Phi) is 8.00. The molecular weight excluding hydrogens is 457 g/mol. The average molecular weight is 485 g/mol. The van der Waals surface area contributed by atoms with E-state index in [1.165, 1.54) is 5.69 Å². The Labute approximate surface area is 197 Å². The SMILES string of the molecule is Cl.O=C(O)C[C@H]1C[C@@H](C(F)(F)F)CN1c1ccc(OC2CCN(c3ccccc3)CC2)cc1. The van der Waals surface area contributed by atoms with E-state index in [2.05, 4.69) is 17.0 Å². The van der Waals surface area contributed by atoms with Crippen LogP contribution in [0.15, 0.2) is 54.6 Å². The van der Waals surface area contributed by atoms with Crippen molar-refractivity contribution in [3.63, 3.8) is 0 Å².